The number of carbonyl (C=O) groups is 1. The van der Waals surface area contributed by atoms with Crippen LogP contribution < -0.4 is 4.74 Å². The maximum Gasteiger partial charge on any atom is 0.307 e. The Bertz CT molecular complexity index is 374. The summed E-state index contributed by atoms with van der Waals surface area (Å²) in [5, 5.41) is 9.14. The van der Waals surface area contributed by atoms with E-state index in [2.05, 4.69) is 0 Å². The van der Waals surface area contributed by atoms with Crippen molar-refractivity contribution < 1.29 is 14.6 Å². The van der Waals surface area contributed by atoms with E-state index in [0.717, 1.165) is 12.0 Å². The van der Waals surface area contributed by atoms with Crippen molar-refractivity contribution in [2.45, 2.75) is 19.8 Å². The molecule has 0 unspecified atom stereocenters. The average Bonchev–Trinajstić information content (AvgIpc) is 2.15. The molecular weight excluding hydrogens is 216 g/mol. The zero-order valence-electron chi connectivity index (χ0n) is 8.71. The molecular formula is C11H13ClO3. The third-order valence-corrected chi connectivity index (χ3v) is 2.40. The molecule has 0 radical (unpaired) electrons. The summed E-state index contributed by atoms with van der Waals surface area (Å²) in [7, 11) is 1.55. The maximum absolute atomic E-state index is 10.6. The Labute approximate surface area is 93.6 Å². The highest BCUT2D eigenvalue weighted by molar-refractivity contribution is 6.32. The van der Waals surface area contributed by atoms with Gasteiger partial charge in [-0.1, -0.05) is 24.6 Å². The number of benzene rings is 1. The summed E-state index contributed by atoms with van der Waals surface area (Å²) >= 11 is 5.98. The maximum atomic E-state index is 10.6. The van der Waals surface area contributed by atoms with Crippen LogP contribution in [0.25, 0.3) is 0 Å². The van der Waals surface area contributed by atoms with Crippen molar-refractivity contribution >= 4 is 17.6 Å². The highest BCUT2D eigenvalue weighted by Crippen LogP contribution is 2.30. The van der Waals surface area contributed by atoms with Crippen LogP contribution in [-0.4, -0.2) is 18.2 Å². The molecule has 0 saturated heterocycles. The topological polar surface area (TPSA) is 46.5 Å². The first-order chi connectivity index (χ1) is 7.08. The summed E-state index contributed by atoms with van der Waals surface area (Å²) in [6.07, 6.45) is 0.743. The monoisotopic (exact) mass is 228 g/mol. The van der Waals surface area contributed by atoms with E-state index in [-0.39, 0.29) is 6.42 Å². The van der Waals surface area contributed by atoms with Gasteiger partial charge in [-0.3, -0.25) is 4.79 Å². The van der Waals surface area contributed by atoms with Gasteiger partial charge >= 0.3 is 5.97 Å². The molecule has 82 valence electrons. The Hall–Kier alpha value is -1.22. The second-order valence-electron chi connectivity index (χ2n) is 3.19. The summed E-state index contributed by atoms with van der Waals surface area (Å²) < 4.78 is 5.15. The minimum absolute atomic E-state index is 0.0171. The molecule has 0 amide bonds. The lowest BCUT2D eigenvalue weighted by atomic mass is 10.1. The van der Waals surface area contributed by atoms with E-state index in [0.29, 0.717) is 16.3 Å². The number of hydrogen-bond acceptors (Lipinski definition) is 2. The molecule has 0 atom stereocenters. The van der Waals surface area contributed by atoms with E-state index in [4.69, 9.17) is 21.4 Å². The molecule has 0 aliphatic rings. The fourth-order valence-corrected chi connectivity index (χ4v) is 1.82. The molecule has 0 heterocycles. The van der Waals surface area contributed by atoms with Crippen molar-refractivity contribution in [1.29, 1.82) is 0 Å². The molecule has 4 heteroatoms. The van der Waals surface area contributed by atoms with Crippen LogP contribution in [0, 0.1) is 0 Å². The van der Waals surface area contributed by atoms with Crippen LogP contribution >= 0.6 is 11.6 Å². The van der Waals surface area contributed by atoms with E-state index < -0.39 is 5.97 Å². The number of rotatable bonds is 4. The Morgan fingerprint density at radius 1 is 1.53 bits per heavy atom. The summed E-state index contributed by atoms with van der Waals surface area (Å²) in [6.45, 7) is 1.97. The van der Waals surface area contributed by atoms with Crippen LogP contribution in [0.2, 0.25) is 5.02 Å². The first kappa shape index (κ1) is 11.9. The van der Waals surface area contributed by atoms with Gasteiger partial charge in [0.25, 0.3) is 0 Å². The number of carboxylic acids is 1. The molecule has 15 heavy (non-hydrogen) atoms. The van der Waals surface area contributed by atoms with E-state index in [9.17, 15) is 4.79 Å². The lowest BCUT2D eigenvalue weighted by Crippen LogP contribution is -2.02. The predicted molar refractivity (Wildman–Crippen MR) is 58.7 cm³/mol. The summed E-state index contributed by atoms with van der Waals surface area (Å²) in [4.78, 5) is 10.6. The van der Waals surface area contributed by atoms with Crippen LogP contribution in [0.3, 0.4) is 0 Å². The van der Waals surface area contributed by atoms with Gasteiger partial charge < -0.3 is 9.84 Å². The minimum atomic E-state index is -0.863. The van der Waals surface area contributed by atoms with E-state index >= 15 is 0 Å². The van der Waals surface area contributed by atoms with Crippen molar-refractivity contribution in [3.8, 4) is 5.75 Å². The standard InChI is InChI=1S/C11H13ClO3/c1-3-8-4-7(6-10(13)14)5-9(12)11(8)15-2/h4-5H,3,6H2,1-2H3,(H,13,14). The first-order valence-corrected chi connectivity index (χ1v) is 5.03. The molecule has 1 aromatic rings. The van der Waals surface area contributed by atoms with Crippen LogP contribution in [0.5, 0.6) is 5.75 Å². The highest BCUT2D eigenvalue weighted by atomic mass is 35.5. The summed E-state index contributed by atoms with van der Waals surface area (Å²) in [6, 6.07) is 3.45. The lowest BCUT2D eigenvalue weighted by Gasteiger charge is -2.10. The van der Waals surface area contributed by atoms with Gasteiger partial charge in [0.15, 0.2) is 0 Å². The van der Waals surface area contributed by atoms with E-state index in [1.807, 2.05) is 13.0 Å². The normalized spacial score (nSPS) is 10.1. The number of aryl methyl sites for hydroxylation is 1. The second kappa shape index (κ2) is 5.03. The van der Waals surface area contributed by atoms with Gasteiger partial charge in [0.05, 0.1) is 18.6 Å². The molecule has 3 nitrogen and oxygen atoms in total. The quantitative estimate of drug-likeness (QED) is 0.862. The van der Waals surface area contributed by atoms with Crippen LogP contribution in [0.1, 0.15) is 18.1 Å². The average molecular weight is 229 g/mol. The smallest absolute Gasteiger partial charge is 0.307 e. The molecule has 0 spiro atoms. The summed E-state index contributed by atoms with van der Waals surface area (Å²) in [5.74, 6) is -0.230. The zero-order valence-corrected chi connectivity index (χ0v) is 9.47. The first-order valence-electron chi connectivity index (χ1n) is 4.65. The number of ether oxygens (including phenoxy) is 1. The largest absolute Gasteiger partial charge is 0.495 e. The Kier molecular flexibility index (Phi) is 3.97. The number of methoxy groups -OCH3 is 1. The lowest BCUT2D eigenvalue weighted by molar-refractivity contribution is -0.136. The van der Waals surface area contributed by atoms with E-state index in [1.165, 1.54) is 0 Å². The zero-order chi connectivity index (χ0) is 11.4. The van der Waals surface area contributed by atoms with Crippen LogP contribution in [-0.2, 0) is 17.6 Å². The number of halogens is 1. The molecule has 1 N–H and O–H groups in total. The molecule has 0 aliphatic heterocycles. The van der Waals surface area contributed by atoms with Gasteiger partial charge in [-0.05, 0) is 23.6 Å². The fraction of sp³-hybridized carbons (Fsp3) is 0.364. The molecule has 0 aliphatic carbocycles. The van der Waals surface area contributed by atoms with Crippen molar-refractivity contribution in [3.63, 3.8) is 0 Å². The number of hydrogen-bond donors (Lipinski definition) is 1. The molecule has 0 fully saturated rings. The molecule has 0 aromatic heterocycles. The highest BCUT2D eigenvalue weighted by Gasteiger charge is 2.10. The van der Waals surface area contributed by atoms with Crippen molar-refractivity contribution in [1.82, 2.24) is 0 Å². The third-order valence-electron chi connectivity index (χ3n) is 2.12. The third kappa shape index (κ3) is 2.86. The second-order valence-corrected chi connectivity index (χ2v) is 3.60. The van der Waals surface area contributed by atoms with Crippen molar-refractivity contribution in [2.24, 2.45) is 0 Å². The van der Waals surface area contributed by atoms with Crippen LogP contribution in [0.4, 0.5) is 0 Å². The van der Waals surface area contributed by atoms with Crippen molar-refractivity contribution in [3.05, 3.63) is 28.3 Å². The van der Waals surface area contributed by atoms with Gasteiger partial charge in [-0.25, -0.2) is 0 Å². The van der Waals surface area contributed by atoms with Gasteiger partial charge in [0.2, 0.25) is 0 Å². The van der Waals surface area contributed by atoms with Gasteiger partial charge in [0.1, 0.15) is 5.75 Å². The van der Waals surface area contributed by atoms with Gasteiger partial charge in [-0.15, -0.1) is 0 Å². The van der Waals surface area contributed by atoms with E-state index in [1.54, 1.807) is 13.2 Å². The molecule has 1 aromatic carbocycles. The predicted octanol–water partition coefficient (Wildman–Crippen LogP) is 2.54. The Morgan fingerprint density at radius 2 is 2.20 bits per heavy atom. The Morgan fingerprint density at radius 3 is 2.67 bits per heavy atom. The fourth-order valence-electron chi connectivity index (χ4n) is 1.48. The van der Waals surface area contributed by atoms with Crippen LogP contribution in [0.15, 0.2) is 12.1 Å². The van der Waals surface area contributed by atoms with Gasteiger partial charge in [0, 0.05) is 0 Å². The molecule has 1 rings (SSSR count). The van der Waals surface area contributed by atoms with Crippen molar-refractivity contribution in [2.75, 3.05) is 7.11 Å². The molecule has 0 saturated carbocycles. The van der Waals surface area contributed by atoms with Gasteiger partial charge in [-0.2, -0.15) is 0 Å². The SMILES string of the molecule is CCc1cc(CC(=O)O)cc(Cl)c1OC. The number of carboxylic acid groups (broad SMARTS) is 1. The minimum Gasteiger partial charge on any atom is -0.495 e. The number of aliphatic carboxylic acids is 1. The summed E-state index contributed by atoms with van der Waals surface area (Å²) in [5.41, 5.74) is 1.63. The Balaban J connectivity index is 3.13. The molecule has 0 bridgehead atoms.